The van der Waals surface area contributed by atoms with Crippen LogP contribution in [-0.2, 0) is 11.2 Å². The molecule has 3 rings (SSSR count). The highest BCUT2D eigenvalue weighted by atomic mass is 32.1. The number of thiazole rings is 2. The van der Waals surface area contributed by atoms with E-state index < -0.39 is 17.5 Å². The number of amides is 1. The molecule has 0 fully saturated rings. The first-order valence-corrected chi connectivity index (χ1v) is 8.33. The maximum atomic E-state index is 13.5. The van der Waals surface area contributed by atoms with Crippen LogP contribution in [-0.4, -0.2) is 15.9 Å². The fourth-order valence-corrected chi connectivity index (χ4v) is 3.49. The van der Waals surface area contributed by atoms with Crippen molar-refractivity contribution in [3.05, 3.63) is 52.0 Å². The van der Waals surface area contributed by atoms with Crippen LogP contribution < -0.4 is 5.32 Å². The minimum absolute atomic E-state index is 0.250. The summed E-state index contributed by atoms with van der Waals surface area (Å²) in [7, 11) is 0. The van der Waals surface area contributed by atoms with Crippen LogP contribution in [0.25, 0.3) is 10.6 Å². The van der Waals surface area contributed by atoms with Gasteiger partial charge in [-0.25, -0.2) is 18.7 Å². The van der Waals surface area contributed by atoms with Crippen molar-refractivity contribution < 1.29 is 13.6 Å². The Balaban J connectivity index is 1.70. The third kappa shape index (κ3) is 3.59. The zero-order valence-electron chi connectivity index (χ0n) is 12.0. The molecule has 4 nitrogen and oxygen atoms in total. The Morgan fingerprint density at radius 3 is 2.70 bits per heavy atom. The Morgan fingerprint density at radius 2 is 2.04 bits per heavy atom. The molecule has 1 aromatic carbocycles. The van der Waals surface area contributed by atoms with E-state index in [-0.39, 0.29) is 12.0 Å². The second kappa shape index (κ2) is 6.51. The molecule has 0 aliphatic rings. The number of nitrogens with zero attached hydrogens (tertiary/aromatic N) is 2. The van der Waals surface area contributed by atoms with Crippen LogP contribution in [0.3, 0.4) is 0 Å². The summed E-state index contributed by atoms with van der Waals surface area (Å²) in [6.07, 6.45) is 1.34. The quantitative estimate of drug-likeness (QED) is 0.772. The highest BCUT2D eigenvalue weighted by molar-refractivity contribution is 7.16. The van der Waals surface area contributed by atoms with Crippen molar-refractivity contribution in [1.82, 2.24) is 9.97 Å². The van der Waals surface area contributed by atoms with Crippen LogP contribution in [0.4, 0.5) is 13.9 Å². The van der Waals surface area contributed by atoms with Gasteiger partial charge in [0.25, 0.3) is 0 Å². The third-order valence-electron chi connectivity index (χ3n) is 3.02. The van der Waals surface area contributed by atoms with Crippen molar-refractivity contribution in [2.75, 3.05) is 5.32 Å². The SMILES string of the molecule is Cc1ncc(-c2csc(NC(=O)Cc3c(F)cccc3F)n2)s1. The molecule has 2 aromatic heterocycles. The molecular formula is C15H11F2N3OS2. The van der Waals surface area contributed by atoms with E-state index in [9.17, 15) is 13.6 Å². The van der Waals surface area contributed by atoms with Crippen LogP contribution in [0.2, 0.25) is 0 Å². The highest BCUT2D eigenvalue weighted by Crippen LogP contribution is 2.29. The molecule has 2 heterocycles. The lowest BCUT2D eigenvalue weighted by Gasteiger charge is -2.04. The van der Waals surface area contributed by atoms with Gasteiger partial charge >= 0.3 is 0 Å². The predicted molar refractivity (Wildman–Crippen MR) is 86.7 cm³/mol. The Hall–Kier alpha value is -2.19. The third-order valence-corrected chi connectivity index (χ3v) is 4.72. The molecule has 0 unspecified atom stereocenters. The van der Waals surface area contributed by atoms with E-state index in [1.165, 1.54) is 28.7 Å². The summed E-state index contributed by atoms with van der Waals surface area (Å²) in [5.74, 6) is -1.99. The van der Waals surface area contributed by atoms with Crippen LogP contribution in [0.5, 0.6) is 0 Å². The number of carbonyl (C=O) groups is 1. The van der Waals surface area contributed by atoms with Gasteiger partial charge in [-0.3, -0.25) is 4.79 Å². The van der Waals surface area contributed by atoms with Crippen LogP contribution in [0.1, 0.15) is 10.6 Å². The van der Waals surface area contributed by atoms with Gasteiger partial charge in [0.1, 0.15) is 11.6 Å². The molecule has 8 heteroatoms. The van der Waals surface area contributed by atoms with Gasteiger partial charge in [-0.1, -0.05) is 6.07 Å². The van der Waals surface area contributed by atoms with Gasteiger partial charge in [0.05, 0.1) is 22.0 Å². The summed E-state index contributed by atoms with van der Waals surface area (Å²) in [5.41, 5.74) is 0.466. The summed E-state index contributed by atoms with van der Waals surface area (Å²) in [6.45, 7) is 1.90. The number of benzene rings is 1. The lowest BCUT2D eigenvalue weighted by Crippen LogP contribution is -2.16. The molecule has 3 aromatic rings. The second-order valence-electron chi connectivity index (χ2n) is 4.71. The van der Waals surface area contributed by atoms with Gasteiger partial charge in [0, 0.05) is 17.1 Å². The monoisotopic (exact) mass is 351 g/mol. The largest absolute Gasteiger partial charge is 0.302 e. The lowest BCUT2D eigenvalue weighted by atomic mass is 10.1. The van der Waals surface area contributed by atoms with E-state index in [0.717, 1.165) is 22.0 Å². The molecule has 1 amide bonds. The molecule has 0 bridgehead atoms. The topological polar surface area (TPSA) is 54.9 Å². The van der Waals surface area contributed by atoms with E-state index in [2.05, 4.69) is 15.3 Å². The second-order valence-corrected chi connectivity index (χ2v) is 6.80. The Bertz CT molecular complexity index is 840. The number of nitrogens with one attached hydrogen (secondary N) is 1. The van der Waals surface area contributed by atoms with Crippen molar-refractivity contribution in [3.8, 4) is 10.6 Å². The van der Waals surface area contributed by atoms with E-state index in [4.69, 9.17) is 0 Å². The first-order chi connectivity index (χ1) is 11.0. The van der Waals surface area contributed by atoms with Crippen molar-refractivity contribution >= 4 is 33.7 Å². The molecule has 0 aliphatic carbocycles. The van der Waals surface area contributed by atoms with Crippen molar-refractivity contribution in [1.29, 1.82) is 0 Å². The number of hydrogen-bond acceptors (Lipinski definition) is 5. The van der Waals surface area contributed by atoms with Crippen molar-refractivity contribution in [3.63, 3.8) is 0 Å². The number of anilines is 1. The van der Waals surface area contributed by atoms with E-state index in [1.807, 2.05) is 6.92 Å². The highest BCUT2D eigenvalue weighted by Gasteiger charge is 2.15. The molecular weight excluding hydrogens is 340 g/mol. The molecule has 0 saturated carbocycles. The first-order valence-electron chi connectivity index (χ1n) is 6.64. The number of halogens is 2. The van der Waals surface area contributed by atoms with Gasteiger partial charge in [0.2, 0.25) is 5.91 Å². The van der Waals surface area contributed by atoms with Gasteiger partial charge < -0.3 is 5.32 Å². The number of carbonyl (C=O) groups excluding carboxylic acids is 1. The molecule has 0 aliphatic heterocycles. The fraction of sp³-hybridized carbons (Fsp3) is 0.133. The average Bonchev–Trinajstić information content (AvgIpc) is 3.12. The van der Waals surface area contributed by atoms with Crippen LogP contribution in [0, 0.1) is 18.6 Å². The molecule has 0 saturated heterocycles. The first kappa shape index (κ1) is 15.7. The summed E-state index contributed by atoms with van der Waals surface area (Å²) >= 11 is 2.75. The molecule has 0 atom stereocenters. The molecule has 118 valence electrons. The predicted octanol–water partition coefficient (Wildman–Crippen LogP) is 4.03. The minimum Gasteiger partial charge on any atom is -0.302 e. The maximum Gasteiger partial charge on any atom is 0.230 e. The summed E-state index contributed by atoms with van der Waals surface area (Å²) < 4.78 is 27.1. The lowest BCUT2D eigenvalue weighted by molar-refractivity contribution is -0.115. The van der Waals surface area contributed by atoms with Crippen LogP contribution >= 0.6 is 22.7 Å². The molecule has 0 spiro atoms. The minimum atomic E-state index is -0.736. The van der Waals surface area contributed by atoms with Crippen LogP contribution in [0.15, 0.2) is 29.8 Å². The van der Waals surface area contributed by atoms with E-state index in [1.54, 1.807) is 11.6 Å². The zero-order valence-corrected chi connectivity index (χ0v) is 13.6. The Labute approximate surface area is 138 Å². The smallest absolute Gasteiger partial charge is 0.230 e. The zero-order chi connectivity index (χ0) is 16.4. The Kier molecular flexibility index (Phi) is 4.44. The number of aryl methyl sites for hydroxylation is 1. The van der Waals surface area contributed by atoms with Crippen molar-refractivity contribution in [2.45, 2.75) is 13.3 Å². The van der Waals surface area contributed by atoms with E-state index >= 15 is 0 Å². The molecule has 23 heavy (non-hydrogen) atoms. The number of rotatable bonds is 4. The fourth-order valence-electron chi connectivity index (χ4n) is 1.95. The average molecular weight is 351 g/mol. The van der Waals surface area contributed by atoms with Gasteiger partial charge in [-0.15, -0.1) is 22.7 Å². The standard InChI is InChI=1S/C15H11F2N3OS2/c1-8-18-6-13(23-8)12-7-22-15(19-12)20-14(21)5-9-10(16)3-2-4-11(9)17/h2-4,6-7H,5H2,1H3,(H,19,20,21). The summed E-state index contributed by atoms with van der Waals surface area (Å²) in [6, 6.07) is 3.51. The van der Waals surface area contributed by atoms with Gasteiger partial charge in [0.15, 0.2) is 5.13 Å². The van der Waals surface area contributed by atoms with Gasteiger partial charge in [-0.2, -0.15) is 0 Å². The number of hydrogen-bond donors (Lipinski definition) is 1. The normalized spacial score (nSPS) is 10.7. The molecule has 1 N–H and O–H groups in total. The summed E-state index contributed by atoms with van der Waals surface area (Å²) in [5, 5.41) is 5.67. The maximum absolute atomic E-state index is 13.5. The summed E-state index contributed by atoms with van der Waals surface area (Å²) in [4.78, 5) is 21.3. The van der Waals surface area contributed by atoms with Gasteiger partial charge in [-0.05, 0) is 19.1 Å². The Morgan fingerprint density at radius 1 is 1.30 bits per heavy atom. The van der Waals surface area contributed by atoms with E-state index in [0.29, 0.717) is 10.8 Å². The number of aromatic nitrogens is 2. The van der Waals surface area contributed by atoms with Crippen molar-refractivity contribution in [2.24, 2.45) is 0 Å². The molecule has 0 radical (unpaired) electrons.